The van der Waals surface area contributed by atoms with Crippen LogP contribution in [-0.2, 0) is 4.79 Å². The molecule has 3 rings (SSSR count). The molecule has 27 heavy (non-hydrogen) atoms. The minimum Gasteiger partial charge on any atom is -0.497 e. The zero-order chi connectivity index (χ0) is 19.2. The van der Waals surface area contributed by atoms with Crippen LogP contribution in [0.5, 0.6) is 5.75 Å². The van der Waals surface area contributed by atoms with Gasteiger partial charge in [0.05, 0.1) is 18.6 Å². The highest BCUT2D eigenvalue weighted by molar-refractivity contribution is 8.01. The van der Waals surface area contributed by atoms with Gasteiger partial charge in [-0.25, -0.2) is 8.78 Å². The maximum Gasteiger partial charge on any atom is 0.234 e. The maximum absolute atomic E-state index is 13.5. The molecule has 0 aliphatic carbocycles. The number of hydrogen-bond acceptors (Lipinski definition) is 7. The number of nitrogens with zero attached hydrogens (tertiary/aromatic N) is 2. The number of carbonyl (C=O) groups is 1. The first-order valence-corrected chi connectivity index (χ1v) is 9.46. The highest BCUT2D eigenvalue weighted by atomic mass is 32.2. The second-order valence-corrected chi connectivity index (χ2v) is 7.39. The van der Waals surface area contributed by atoms with Crippen molar-refractivity contribution in [1.29, 1.82) is 0 Å². The van der Waals surface area contributed by atoms with E-state index in [9.17, 15) is 13.6 Å². The summed E-state index contributed by atoms with van der Waals surface area (Å²) in [5, 5.41) is 14.1. The maximum atomic E-state index is 13.5. The molecule has 0 atom stereocenters. The fraction of sp³-hybridized carbons (Fsp3) is 0.118. The van der Waals surface area contributed by atoms with Crippen molar-refractivity contribution in [1.82, 2.24) is 10.2 Å². The molecule has 1 heterocycles. The predicted molar refractivity (Wildman–Crippen MR) is 102 cm³/mol. The lowest BCUT2D eigenvalue weighted by molar-refractivity contribution is -0.113. The van der Waals surface area contributed by atoms with E-state index in [-0.39, 0.29) is 11.4 Å². The topological polar surface area (TPSA) is 76.1 Å². The molecule has 0 spiro atoms. The molecule has 2 N–H and O–H groups in total. The number of aromatic nitrogens is 2. The molecule has 0 radical (unpaired) electrons. The predicted octanol–water partition coefficient (Wildman–Crippen LogP) is 4.30. The smallest absolute Gasteiger partial charge is 0.234 e. The standard InChI is InChI=1S/C17H14F2N4O2S2/c1-25-12-4-2-3-11(8-12)20-16-22-23-17(27-16)26-9-15(24)21-14-6-5-10(18)7-13(14)19/h2-8H,9H2,1H3,(H,20,22)(H,21,24). The van der Waals surface area contributed by atoms with E-state index >= 15 is 0 Å². The second-order valence-electron chi connectivity index (χ2n) is 5.19. The fourth-order valence-corrected chi connectivity index (χ4v) is 3.62. The van der Waals surface area contributed by atoms with Gasteiger partial charge < -0.3 is 15.4 Å². The Morgan fingerprint density at radius 1 is 1.22 bits per heavy atom. The average Bonchev–Trinajstić information content (AvgIpc) is 3.10. The van der Waals surface area contributed by atoms with E-state index in [4.69, 9.17) is 4.74 Å². The lowest BCUT2D eigenvalue weighted by Crippen LogP contribution is -2.15. The van der Waals surface area contributed by atoms with Crippen molar-refractivity contribution < 1.29 is 18.3 Å². The van der Waals surface area contributed by atoms with Crippen LogP contribution in [0, 0.1) is 11.6 Å². The Morgan fingerprint density at radius 3 is 2.85 bits per heavy atom. The van der Waals surface area contributed by atoms with Crippen LogP contribution >= 0.6 is 23.1 Å². The number of methoxy groups -OCH3 is 1. The highest BCUT2D eigenvalue weighted by Gasteiger charge is 2.11. The molecular formula is C17H14F2N4O2S2. The number of halogens is 2. The fourth-order valence-electron chi connectivity index (χ4n) is 2.05. The second kappa shape index (κ2) is 8.78. The van der Waals surface area contributed by atoms with E-state index in [1.807, 2.05) is 24.3 Å². The van der Waals surface area contributed by atoms with Crippen LogP contribution in [0.25, 0.3) is 0 Å². The molecule has 3 aromatic rings. The first kappa shape index (κ1) is 19.1. The number of ether oxygens (including phenoxy) is 1. The number of anilines is 3. The summed E-state index contributed by atoms with van der Waals surface area (Å²) in [7, 11) is 1.58. The van der Waals surface area contributed by atoms with Crippen molar-refractivity contribution in [3.05, 3.63) is 54.1 Å². The van der Waals surface area contributed by atoms with E-state index in [2.05, 4.69) is 20.8 Å². The summed E-state index contributed by atoms with van der Waals surface area (Å²) in [6.45, 7) is 0. The third-order valence-electron chi connectivity index (χ3n) is 3.26. The van der Waals surface area contributed by atoms with Gasteiger partial charge in [0.25, 0.3) is 0 Å². The SMILES string of the molecule is COc1cccc(Nc2nnc(SCC(=O)Nc3ccc(F)cc3F)s2)c1. The third-order valence-corrected chi connectivity index (χ3v) is 5.23. The Hall–Kier alpha value is -2.72. The van der Waals surface area contributed by atoms with Gasteiger partial charge in [0.1, 0.15) is 17.4 Å². The summed E-state index contributed by atoms with van der Waals surface area (Å²) in [5.74, 6) is -1.23. The molecule has 6 nitrogen and oxygen atoms in total. The van der Waals surface area contributed by atoms with Gasteiger partial charge in [0.15, 0.2) is 4.34 Å². The zero-order valence-electron chi connectivity index (χ0n) is 14.0. The minimum absolute atomic E-state index is 0.0185. The molecule has 0 bridgehead atoms. The van der Waals surface area contributed by atoms with Crippen molar-refractivity contribution in [2.45, 2.75) is 4.34 Å². The van der Waals surface area contributed by atoms with Gasteiger partial charge in [0.2, 0.25) is 11.0 Å². The monoisotopic (exact) mass is 408 g/mol. The van der Waals surface area contributed by atoms with Crippen LogP contribution in [0.4, 0.5) is 25.3 Å². The largest absolute Gasteiger partial charge is 0.497 e. The molecule has 10 heteroatoms. The summed E-state index contributed by atoms with van der Waals surface area (Å²) in [5.41, 5.74) is 0.728. The van der Waals surface area contributed by atoms with E-state index in [1.54, 1.807) is 7.11 Å². The van der Waals surface area contributed by atoms with Gasteiger partial charge in [-0.2, -0.15) is 0 Å². The van der Waals surface area contributed by atoms with Gasteiger partial charge in [0, 0.05) is 17.8 Å². The van der Waals surface area contributed by atoms with Crippen molar-refractivity contribution in [2.75, 3.05) is 23.5 Å². The Balaban J connectivity index is 1.53. The van der Waals surface area contributed by atoms with Gasteiger partial charge in [-0.15, -0.1) is 10.2 Å². The number of hydrogen-bond donors (Lipinski definition) is 2. The lowest BCUT2D eigenvalue weighted by atomic mass is 10.3. The lowest BCUT2D eigenvalue weighted by Gasteiger charge is -2.05. The quantitative estimate of drug-likeness (QED) is 0.568. The first-order valence-electron chi connectivity index (χ1n) is 7.66. The van der Waals surface area contributed by atoms with Crippen LogP contribution in [0.2, 0.25) is 0 Å². The molecule has 140 valence electrons. The molecule has 0 saturated heterocycles. The molecule has 1 aromatic heterocycles. The molecule has 0 fully saturated rings. The average molecular weight is 408 g/mol. The van der Waals surface area contributed by atoms with Crippen LogP contribution in [0.3, 0.4) is 0 Å². The normalized spacial score (nSPS) is 10.5. The number of nitrogens with one attached hydrogen (secondary N) is 2. The Labute approximate surface area is 162 Å². The molecular weight excluding hydrogens is 394 g/mol. The summed E-state index contributed by atoms with van der Waals surface area (Å²) in [6.07, 6.45) is 0. The third kappa shape index (κ3) is 5.38. The van der Waals surface area contributed by atoms with E-state index in [1.165, 1.54) is 29.2 Å². The van der Waals surface area contributed by atoms with Crippen molar-refractivity contribution in [2.24, 2.45) is 0 Å². The molecule has 0 aliphatic rings. The van der Waals surface area contributed by atoms with Crippen molar-refractivity contribution in [3.63, 3.8) is 0 Å². The Morgan fingerprint density at radius 2 is 2.07 bits per heavy atom. The summed E-state index contributed by atoms with van der Waals surface area (Å²) >= 11 is 2.45. The summed E-state index contributed by atoms with van der Waals surface area (Å²) in [6, 6.07) is 10.3. The number of carbonyl (C=O) groups excluding carboxylic acids is 1. The molecule has 1 amide bonds. The van der Waals surface area contributed by atoms with Crippen LogP contribution in [-0.4, -0.2) is 29.0 Å². The van der Waals surface area contributed by atoms with Crippen LogP contribution < -0.4 is 15.4 Å². The number of amides is 1. The Kier molecular flexibility index (Phi) is 6.20. The van der Waals surface area contributed by atoms with Crippen molar-refractivity contribution in [3.8, 4) is 5.75 Å². The van der Waals surface area contributed by atoms with Crippen LogP contribution in [0.1, 0.15) is 0 Å². The van der Waals surface area contributed by atoms with E-state index in [0.717, 1.165) is 11.8 Å². The first-order chi connectivity index (χ1) is 13.0. The number of benzene rings is 2. The van der Waals surface area contributed by atoms with Gasteiger partial charge in [-0.3, -0.25) is 4.79 Å². The summed E-state index contributed by atoms with van der Waals surface area (Å²) in [4.78, 5) is 11.9. The minimum atomic E-state index is -0.825. The molecule has 0 unspecified atom stereocenters. The van der Waals surface area contributed by atoms with E-state index < -0.39 is 17.5 Å². The molecule has 0 aliphatic heterocycles. The molecule has 0 saturated carbocycles. The van der Waals surface area contributed by atoms with Crippen molar-refractivity contribution >= 4 is 45.5 Å². The highest BCUT2D eigenvalue weighted by Crippen LogP contribution is 2.29. The van der Waals surface area contributed by atoms with Gasteiger partial charge in [-0.05, 0) is 24.3 Å². The summed E-state index contributed by atoms with van der Waals surface area (Å²) < 4.78 is 32.1. The zero-order valence-corrected chi connectivity index (χ0v) is 15.7. The van der Waals surface area contributed by atoms with Crippen LogP contribution in [0.15, 0.2) is 46.8 Å². The molecule has 2 aromatic carbocycles. The van der Waals surface area contributed by atoms with Gasteiger partial charge >= 0.3 is 0 Å². The Bertz CT molecular complexity index is 952. The van der Waals surface area contributed by atoms with E-state index in [0.29, 0.717) is 21.3 Å². The van der Waals surface area contributed by atoms with Gasteiger partial charge in [-0.1, -0.05) is 29.2 Å². The number of rotatable bonds is 7. The number of thioether (sulfide) groups is 1.